The van der Waals surface area contributed by atoms with Crippen LogP contribution in [-0.2, 0) is 9.53 Å². The Bertz CT molecular complexity index is 689. The summed E-state index contributed by atoms with van der Waals surface area (Å²) in [6.07, 6.45) is -0.735. The van der Waals surface area contributed by atoms with Crippen LogP contribution in [0.15, 0.2) is 24.3 Å². The molecule has 0 aliphatic heterocycles. The highest BCUT2D eigenvalue weighted by Crippen LogP contribution is 2.09. The number of fused-ring (bicyclic) bond motifs is 1. The minimum Gasteiger partial charge on any atom is -0.459 e. The Hall–Kier alpha value is -2.64. The minimum absolute atomic E-state index is 0.220. The van der Waals surface area contributed by atoms with E-state index in [9.17, 15) is 9.59 Å². The molecule has 1 aromatic carbocycles. The zero-order chi connectivity index (χ0) is 16.3. The van der Waals surface area contributed by atoms with Crippen molar-refractivity contribution in [2.45, 2.75) is 26.4 Å². The van der Waals surface area contributed by atoms with Gasteiger partial charge in [0.05, 0.1) is 0 Å². The Morgan fingerprint density at radius 2 is 1.95 bits per heavy atom. The molecule has 1 aromatic heterocycles. The van der Waals surface area contributed by atoms with Gasteiger partial charge >= 0.3 is 12.1 Å². The van der Waals surface area contributed by atoms with Crippen LogP contribution in [0, 0.1) is 0 Å². The molecule has 1 amide bonds. The van der Waals surface area contributed by atoms with Crippen molar-refractivity contribution in [1.82, 2.24) is 20.1 Å². The van der Waals surface area contributed by atoms with Crippen molar-refractivity contribution in [3.63, 3.8) is 0 Å². The third-order valence-electron chi connectivity index (χ3n) is 2.58. The molecule has 2 aromatic rings. The van der Waals surface area contributed by atoms with Gasteiger partial charge in [0.2, 0.25) is 0 Å². The Labute approximate surface area is 127 Å². The predicted molar refractivity (Wildman–Crippen MR) is 78.0 cm³/mol. The normalized spacial score (nSPS) is 11.3. The number of likely N-dealkylation sites (N-methyl/N-ethyl adjacent to an activating group) is 1. The summed E-state index contributed by atoms with van der Waals surface area (Å²) in [5, 5.41) is 7.60. The second kappa shape index (κ2) is 6.00. The molecule has 8 nitrogen and oxygen atoms in total. The van der Waals surface area contributed by atoms with E-state index >= 15 is 0 Å². The topological polar surface area (TPSA) is 86.5 Å². The average molecular weight is 306 g/mol. The maximum Gasteiger partial charge on any atom is 0.436 e. The van der Waals surface area contributed by atoms with E-state index in [1.54, 1.807) is 45.0 Å². The van der Waals surface area contributed by atoms with Crippen molar-refractivity contribution in [1.29, 1.82) is 0 Å². The van der Waals surface area contributed by atoms with Crippen molar-refractivity contribution in [3.8, 4) is 0 Å². The molecule has 0 radical (unpaired) electrons. The molecule has 0 atom stereocenters. The van der Waals surface area contributed by atoms with Crippen molar-refractivity contribution >= 4 is 23.1 Å². The second-order valence-corrected chi connectivity index (χ2v) is 5.75. The van der Waals surface area contributed by atoms with Gasteiger partial charge in [-0.1, -0.05) is 17.0 Å². The van der Waals surface area contributed by atoms with E-state index in [4.69, 9.17) is 9.57 Å². The Morgan fingerprint density at radius 1 is 1.27 bits per heavy atom. The minimum atomic E-state index is -0.735. The zero-order valence-electron chi connectivity index (χ0n) is 12.9. The number of aromatic nitrogens is 3. The Kier molecular flexibility index (Phi) is 4.30. The summed E-state index contributed by atoms with van der Waals surface area (Å²) in [5.41, 5.74) is 0.552. The molecule has 0 aliphatic rings. The van der Waals surface area contributed by atoms with Gasteiger partial charge in [-0.25, -0.2) is 4.79 Å². The van der Waals surface area contributed by atoms with Gasteiger partial charge in [-0.3, -0.25) is 14.5 Å². The molecule has 0 fully saturated rings. The van der Waals surface area contributed by atoms with Crippen molar-refractivity contribution < 1.29 is 19.2 Å². The lowest BCUT2D eigenvalue weighted by Gasteiger charge is -2.22. The fourth-order valence-corrected chi connectivity index (χ4v) is 1.69. The largest absolute Gasteiger partial charge is 0.459 e. The van der Waals surface area contributed by atoms with E-state index in [-0.39, 0.29) is 6.54 Å². The van der Waals surface area contributed by atoms with Gasteiger partial charge in [-0.15, -0.1) is 5.10 Å². The van der Waals surface area contributed by atoms with Crippen LogP contribution in [-0.4, -0.2) is 51.3 Å². The van der Waals surface area contributed by atoms with Gasteiger partial charge in [-0.05, 0) is 38.1 Å². The maximum absolute atomic E-state index is 12.0. The smallest absolute Gasteiger partial charge is 0.436 e. The van der Waals surface area contributed by atoms with E-state index in [0.29, 0.717) is 11.0 Å². The van der Waals surface area contributed by atoms with Crippen molar-refractivity contribution in [2.24, 2.45) is 0 Å². The van der Waals surface area contributed by atoms with Crippen LogP contribution in [0.4, 0.5) is 4.79 Å². The summed E-state index contributed by atoms with van der Waals surface area (Å²) in [7, 11) is 1.44. The van der Waals surface area contributed by atoms with E-state index in [1.807, 2.05) is 0 Å². The van der Waals surface area contributed by atoms with Gasteiger partial charge in [0, 0.05) is 7.05 Å². The first kappa shape index (κ1) is 15.7. The van der Waals surface area contributed by atoms with Gasteiger partial charge in [0.1, 0.15) is 23.2 Å². The number of carbonyl (C=O) groups is 2. The number of amides is 1. The van der Waals surface area contributed by atoms with Crippen LogP contribution in [0.25, 0.3) is 11.0 Å². The average Bonchev–Trinajstić information content (AvgIpc) is 2.80. The van der Waals surface area contributed by atoms with Crippen LogP contribution < -0.4 is 4.84 Å². The molecular weight excluding hydrogens is 288 g/mol. The summed E-state index contributed by atoms with van der Waals surface area (Å²) < 4.78 is 5.14. The molecule has 0 bridgehead atoms. The molecule has 0 saturated heterocycles. The lowest BCUT2D eigenvalue weighted by atomic mass is 10.2. The molecule has 1 heterocycles. The van der Waals surface area contributed by atoms with E-state index in [2.05, 4.69) is 10.3 Å². The summed E-state index contributed by atoms with van der Waals surface area (Å²) in [5.74, 6) is -0.518. The summed E-state index contributed by atoms with van der Waals surface area (Å²) >= 11 is 0. The van der Waals surface area contributed by atoms with Gasteiger partial charge in [0.15, 0.2) is 0 Å². The SMILES string of the molecule is CN(CC(=O)OC(C)(C)C)C(=O)On1nnc2ccccc21. The first-order valence-electron chi connectivity index (χ1n) is 6.72. The van der Waals surface area contributed by atoms with E-state index < -0.39 is 17.7 Å². The van der Waals surface area contributed by atoms with E-state index in [0.717, 1.165) is 9.75 Å². The summed E-state index contributed by atoms with van der Waals surface area (Å²) in [6, 6.07) is 7.05. The van der Waals surface area contributed by atoms with Crippen LogP contribution in [0.1, 0.15) is 20.8 Å². The predicted octanol–water partition coefficient (Wildman–Crippen LogP) is 1.25. The molecule has 8 heteroatoms. The fraction of sp³-hybridized carbons (Fsp3) is 0.429. The monoisotopic (exact) mass is 306 g/mol. The number of carbonyl (C=O) groups excluding carboxylic acids is 2. The first-order chi connectivity index (χ1) is 10.3. The van der Waals surface area contributed by atoms with Crippen LogP contribution >= 0.6 is 0 Å². The summed E-state index contributed by atoms with van der Waals surface area (Å²) in [4.78, 5) is 30.8. The number of nitrogens with zero attached hydrogens (tertiary/aromatic N) is 4. The first-order valence-corrected chi connectivity index (χ1v) is 6.72. The van der Waals surface area contributed by atoms with Crippen molar-refractivity contribution in [2.75, 3.05) is 13.6 Å². The third-order valence-corrected chi connectivity index (χ3v) is 2.58. The van der Waals surface area contributed by atoms with Crippen LogP contribution in [0.3, 0.4) is 0 Å². The molecular formula is C14H18N4O4. The lowest BCUT2D eigenvalue weighted by Crippen LogP contribution is -2.40. The molecule has 22 heavy (non-hydrogen) atoms. The van der Waals surface area contributed by atoms with Gasteiger partial charge in [0.25, 0.3) is 0 Å². The zero-order valence-corrected chi connectivity index (χ0v) is 12.9. The Morgan fingerprint density at radius 3 is 2.64 bits per heavy atom. The fourth-order valence-electron chi connectivity index (χ4n) is 1.69. The van der Waals surface area contributed by atoms with Gasteiger partial charge < -0.3 is 4.74 Å². The van der Waals surface area contributed by atoms with Crippen LogP contribution in [0.2, 0.25) is 0 Å². The number of ether oxygens (including phenoxy) is 1. The molecule has 118 valence electrons. The highest BCUT2D eigenvalue weighted by molar-refractivity contribution is 5.79. The standard InChI is InChI=1S/C14H18N4O4/c1-14(2,3)21-12(19)9-17(4)13(20)22-18-11-8-6-5-7-10(11)15-16-18/h5-8H,9H2,1-4H3. The number of benzene rings is 1. The maximum atomic E-state index is 12.0. The Balaban J connectivity index is 1.98. The molecule has 2 rings (SSSR count). The van der Waals surface area contributed by atoms with Crippen molar-refractivity contribution in [3.05, 3.63) is 24.3 Å². The molecule has 0 aliphatic carbocycles. The number of hydrogen-bond acceptors (Lipinski definition) is 6. The van der Waals surface area contributed by atoms with Gasteiger partial charge in [-0.2, -0.15) is 0 Å². The number of para-hydroxylation sites is 1. The molecule has 0 spiro atoms. The number of esters is 1. The van der Waals surface area contributed by atoms with E-state index in [1.165, 1.54) is 7.05 Å². The highest BCUT2D eigenvalue weighted by atomic mass is 16.7. The number of hydrogen-bond donors (Lipinski definition) is 0. The lowest BCUT2D eigenvalue weighted by molar-refractivity contribution is -0.155. The molecule has 0 unspecified atom stereocenters. The van der Waals surface area contributed by atoms with Crippen LogP contribution in [0.5, 0.6) is 0 Å². The third kappa shape index (κ3) is 3.94. The molecule has 0 N–H and O–H groups in total. The second-order valence-electron chi connectivity index (χ2n) is 5.75. The quantitative estimate of drug-likeness (QED) is 0.626. The number of rotatable bonds is 3. The highest BCUT2D eigenvalue weighted by Gasteiger charge is 2.21. The molecule has 0 saturated carbocycles. The summed E-state index contributed by atoms with van der Waals surface area (Å²) in [6.45, 7) is 5.04.